The van der Waals surface area contributed by atoms with Gasteiger partial charge in [0.1, 0.15) is 5.60 Å². The molecule has 1 atom stereocenters. The van der Waals surface area contributed by atoms with Crippen LogP contribution in [0.25, 0.3) is 0 Å². The van der Waals surface area contributed by atoms with E-state index in [0.29, 0.717) is 6.54 Å². The highest BCUT2D eigenvalue weighted by Gasteiger charge is 2.16. The predicted molar refractivity (Wildman–Crippen MR) is 87.2 cm³/mol. The Morgan fingerprint density at radius 3 is 2.70 bits per heavy atom. The van der Waals surface area contributed by atoms with Gasteiger partial charge < -0.3 is 15.4 Å². The van der Waals surface area contributed by atoms with Gasteiger partial charge in [0.05, 0.1) is 0 Å². The summed E-state index contributed by atoms with van der Waals surface area (Å²) in [6.45, 7) is 9.05. The van der Waals surface area contributed by atoms with E-state index in [2.05, 4.69) is 44.9 Å². The minimum Gasteiger partial charge on any atom is -0.444 e. The Labute approximate surface area is 133 Å². The normalized spacial score (nSPS) is 13.1. The summed E-state index contributed by atoms with van der Waals surface area (Å²) in [6, 6.07) is 2.34. The standard InChI is InChI=1S/C14H23BrN2O2S/c1-5-11(7-17-13(18)19-14(2,3)4)16-8-12-6-10(15)9-20-12/h6,9,11,16H,5,7-8H2,1-4H3,(H,17,18). The highest BCUT2D eigenvalue weighted by molar-refractivity contribution is 9.10. The van der Waals surface area contributed by atoms with E-state index >= 15 is 0 Å². The van der Waals surface area contributed by atoms with Gasteiger partial charge in [0.15, 0.2) is 0 Å². The number of ether oxygens (including phenoxy) is 1. The molecule has 0 aromatic carbocycles. The zero-order valence-electron chi connectivity index (χ0n) is 12.5. The van der Waals surface area contributed by atoms with Crippen molar-refractivity contribution in [3.63, 3.8) is 0 Å². The second-order valence-corrected chi connectivity index (χ2v) is 7.51. The van der Waals surface area contributed by atoms with Gasteiger partial charge in [-0.05, 0) is 49.2 Å². The highest BCUT2D eigenvalue weighted by atomic mass is 79.9. The molecule has 1 rings (SSSR count). The van der Waals surface area contributed by atoms with Crippen molar-refractivity contribution in [3.05, 3.63) is 20.8 Å². The maximum absolute atomic E-state index is 11.6. The fourth-order valence-electron chi connectivity index (χ4n) is 1.57. The summed E-state index contributed by atoms with van der Waals surface area (Å²) < 4.78 is 6.33. The summed E-state index contributed by atoms with van der Waals surface area (Å²) in [5, 5.41) is 8.31. The van der Waals surface area contributed by atoms with Crippen LogP contribution in [0.1, 0.15) is 39.0 Å². The second-order valence-electron chi connectivity index (χ2n) is 5.60. The Balaban J connectivity index is 2.30. The first-order valence-corrected chi connectivity index (χ1v) is 8.40. The molecule has 0 fully saturated rings. The third-order valence-corrected chi connectivity index (χ3v) is 4.27. The fraction of sp³-hybridized carbons (Fsp3) is 0.643. The van der Waals surface area contributed by atoms with Crippen LogP contribution in [0, 0.1) is 0 Å². The van der Waals surface area contributed by atoms with Crippen LogP contribution in [0.2, 0.25) is 0 Å². The number of carbonyl (C=O) groups is 1. The summed E-state index contributed by atoms with van der Waals surface area (Å²) >= 11 is 5.16. The zero-order valence-corrected chi connectivity index (χ0v) is 14.9. The maximum Gasteiger partial charge on any atom is 0.407 e. The van der Waals surface area contributed by atoms with Gasteiger partial charge in [0.25, 0.3) is 0 Å². The number of hydrogen-bond donors (Lipinski definition) is 2. The molecule has 0 saturated carbocycles. The van der Waals surface area contributed by atoms with Crippen molar-refractivity contribution in [1.29, 1.82) is 0 Å². The molecule has 2 N–H and O–H groups in total. The molecule has 1 aromatic rings. The SMILES string of the molecule is CCC(CNC(=O)OC(C)(C)C)NCc1cc(Br)cs1. The van der Waals surface area contributed by atoms with Crippen molar-refractivity contribution in [3.8, 4) is 0 Å². The van der Waals surface area contributed by atoms with E-state index in [0.717, 1.165) is 17.4 Å². The quantitative estimate of drug-likeness (QED) is 0.806. The molecule has 1 unspecified atom stereocenters. The van der Waals surface area contributed by atoms with Gasteiger partial charge in [-0.1, -0.05) is 6.92 Å². The molecule has 1 amide bonds. The Morgan fingerprint density at radius 2 is 2.20 bits per heavy atom. The van der Waals surface area contributed by atoms with Crippen molar-refractivity contribution < 1.29 is 9.53 Å². The van der Waals surface area contributed by atoms with Gasteiger partial charge >= 0.3 is 6.09 Å². The van der Waals surface area contributed by atoms with E-state index in [1.54, 1.807) is 11.3 Å². The number of nitrogens with one attached hydrogen (secondary N) is 2. The highest BCUT2D eigenvalue weighted by Crippen LogP contribution is 2.19. The molecule has 0 radical (unpaired) electrons. The van der Waals surface area contributed by atoms with Crippen molar-refractivity contribution in [2.75, 3.05) is 6.54 Å². The molecule has 1 heterocycles. The van der Waals surface area contributed by atoms with Crippen LogP contribution in [-0.4, -0.2) is 24.3 Å². The minimum atomic E-state index is -0.456. The second kappa shape index (κ2) is 8.00. The van der Waals surface area contributed by atoms with Crippen LogP contribution >= 0.6 is 27.3 Å². The van der Waals surface area contributed by atoms with Crippen LogP contribution < -0.4 is 10.6 Å². The summed E-state index contributed by atoms with van der Waals surface area (Å²) in [4.78, 5) is 12.9. The lowest BCUT2D eigenvalue weighted by molar-refractivity contribution is 0.0522. The molecule has 0 aliphatic rings. The molecule has 0 spiro atoms. The van der Waals surface area contributed by atoms with Crippen LogP contribution in [0.5, 0.6) is 0 Å². The van der Waals surface area contributed by atoms with Gasteiger partial charge in [0, 0.05) is 33.9 Å². The summed E-state index contributed by atoms with van der Waals surface area (Å²) in [5.41, 5.74) is -0.456. The molecule has 0 aliphatic heterocycles. The smallest absolute Gasteiger partial charge is 0.407 e. The van der Waals surface area contributed by atoms with Gasteiger partial charge in [-0.15, -0.1) is 11.3 Å². The van der Waals surface area contributed by atoms with E-state index in [-0.39, 0.29) is 12.1 Å². The molecule has 1 aromatic heterocycles. The first kappa shape index (κ1) is 17.5. The van der Waals surface area contributed by atoms with Crippen LogP contribution in [-0.2, 0) is 11.3 Å². The van der Waals surface area contributed by atoms with E-state index in [4.69, 9.17) is 4.74 Å². The number of rotatable bonds is 6. The van der Waals surface area contributed by atoms with Crippen molar-refractivity contribution in [2.24, 2.45) is 0 Å². The van der Waals surface area contributed by atoms with E-state index in [9.17, 15) is 4.79 Å². The Kier molecular flexibility index (Phi) is 6.99. The van der Waals surface area contributed by atoms with Crippen LogP contribution in [0.4, 0.5) is 4.79 Å². The molecule has 20 heavy (non-hydrogen) atoms. The number of hydrogen-bond acceptors (Lipinski definition) is 4. The summed E-state index contributed by atoms with van der Waals surface area (Å²) in [6.07, 6.45) is 0.583. The van der Waals surface area contributed by atoms with Crippen molar-refractivity contribution >= 4 is 33.4 Å². The molecule has 6 heteroatoms. The van der Waals surface area contributed by atoms with Gasteiger partial charge in [-0.3, -0.25) is 0 Å². The van der Waals surface area contributed by atoms with Crippen LogP contribution in [0.15, 0.2) is 15.9 Å². The average molecular weight is 363 g/mol. The molecular formula is C14H23BrN2O2S. The summed E-state index contributed by atoms with van der Waals surface area (Å²) in [7, 11) is 0. The number of halogens is 1. The molecule has 0 aliphatic carbocycles. The molecule has 0 saturated heterocycles. The molecule has 4 nitrogen and oxygen atoms in total. The fourth-order valence-corrected chi connectivity index (χ4v) is 2.97. The third-order valence-electron chi connectivity index (χ3n) is 2.57. The largest absolute Gasteiger partial charge is 0.444 e. The Morgan fingerprint density at radius 1 is 1.50 bits per heavy atom. The summed E-state index contributed by atoms with van der Waals surface area (Å²) in [5.74, 6) is 0. The Bertz CT molecular complexity index is 429. The van der Waals surface area contributed by atoms with Gasteiger partial charge in [0.2, 0.25) is 0 Å². The lowest BCUT2D eigenvalue weighted by atomic mass is 10.2. The average Bonchev–Trinajstić information content (AvgIpc) is 2.73. The van der Waals surface area contributed by atoms with Crippen LogP contribution in [0.3, 0.4) is 0 Å². The molecule has 114 valence electrons. The number of alkyl carbamates (subject to hydrolysis) is 1. The molecule has 0 bridgehead atoms. The lowest BCUT2D eigenvalue weighted by Gasteiger charge is -2.22. The topological polar surface area (TPSA) is 50.4 Å². The van der Waals surface area contributed by atoms with Crippen molar-refractivity contribution in [2.45, 2.75) is 52.3 Å². The van der Waals surface area contributed by atoms with Crippen molar-refractivity contribution in [1.82, 2.24) is 10.6 Å². The lowest BCUT2D eigenvalue weighted by Crippen LogP contribution is -2.42. The van der Waals surface area contributed by atoms with E-state index in [1.807, 2.05) is 20.8 Å². The maximum atomic E-state index is 11.6. The number of carbonyl (C=O) groups excluding carboxylic acids is 1. The van der Waals surface area contributed by atoms with E-state index < -0.39 is 5.60 Å². The first-order valence-electron chi connectivity index (χ1n) is 6.73. The Hall–Kier alpha value is -0.590. The minimum absolute atomic E-state index is 0.239. The first-order chi connectivity index (χ1) is 9.30. The van der Waals surface area contributed by atoms with Gasteiger partial charge in [-0.2, -0.15) is 0 Å². The predicted octanol–water partition coefficient (Wildman–Crippen LogP) is 3.90. The van der Waals surface area contributed by atoms with E-state index in [1.165, 1.54) is 4.88 Å². The number of thiophene rings is 1. The zero-order chi connectivity index (χ0) is 15.2. The van der Waals surface area contributed by atoms with Gasteiger partial charge in [-0.25, -0.2) is 4.79 Å². The molecular weight excluding hydrogens is 340 g/mol. The number of amides is 1. The monoisotopic (exact) mass is 362 g/mol. The third kappa shape index (κ3) is 7.26.